The molecule has 0 aliphatic carbocycles. The first-order chi connectivity index (χ1) is 9.33. The van der Waals surface area contributed by atoms with Crippen molar-refractivity contribution in [2.24, 2.45) is 5.92 Å². The Hall–Kier alpha value is -0.690. The number of ether oxygens (including phenoxy) is 4. The number of hydrogen-bond acceptors (Lipinski definition) is 6. The lowest BCUT2D eigenvalue weighted by Crippen LogP contribution is -2.17. The Morgan fingerprint density at radius 1 is 1.11 bits per heavy atom. The minimum atomic E-state index is -0.131. The van der Waals surface area contributed by atoms with Crippen LogP contribution in [0.15, 0.2) is 0 Å². The molecule has 112 valence electrons. The molecule has 0 aromatic rings. The van der Waals surface area contributed by atoms with Crippen molar-refractivity contribution in [3.05, 3.63) is 0 Å². The highest BCUT2D eigenvalue weighted by molar-refractivity contribution is 5.69. The SMILES string of the molecule is COCCOCCOCCOC(=O)CC1CCNC1. The molecular formula is C13H25NO5. The van der Waals surface area contributed by atoms with Gasteiger partial charge in [0.25, 0.3) is 0 Å². The van der Waals surface area contributed by atoms with E-state index in [1.54, 1.807) is 7.11 Å². The van der Waals surface area contributed by atoms with Crippen molar-refractivity contribution in [1.29, 1.82) is 0 Å². The Morgan fingerprint density at radius 3 is 2.42 bits per heavy atom. The number of nitrogens with one attached hydrogen (secondary N) is 1. The molecule has 6 heteroatoms. The fraction of sp³-hybridized carbons (Fsp3) is 0.923. The van der Waals surface area contributed by atoms with Crippen LogP contribution in [0.25, 0.3) is 0 Å². The molecule has 0 bridgehead atoms. The van der Waals surface area contributed by atoms with Crippen LogP contribution in [0, 0.1) is 5.92 Å². The van der Waals surface area contributed by atoms with E-state index in [2.05, 4.69) is 5.32 Å². The van der Waals surface area contributed by atoms with Gasteiger partial charge in [0.15, 0.2) is 0 Å². The number of rotatable bonds is 11. The van der Waals surface area contributed by atoms with Crippen molar-refractivity contribution in [1.82, 2.24) is 5.32 Å². The van der Waals surface area contributed by atoms with Gasteiger partial charge in [0.1, 0.15) is 6.61 Å². The minimum Gasteiger partial charge on any atom is -0.463 e. The van der Waals surface area contributed by atoms with Crippen LogP contribution in [0.5, 0.6) is 0 Å². The predicted molar refractivity (Wildman–Crippen MR) is 70.1 cm³/mol. The summed E-state index contributed by atoms with van der Waals surface area (Å²) in [6.07, 6.45) is 1.57. The highest BCUT2D eigenvalue weighted by Gasteiger charge is 2.18. The van der Waals surface area contributed by atoms with E-state index in [1.165, 1.54) is 0 Å². The third-order valence-electron chi connectivity index (χ3n) is 2.91. The summed E-state index contributed by atoms with van der Waals surface area (Å²) in [6.45, 7) is 4.87. The quantitative estimate of drug-likeness (QED) is 0.429. The molecule has 0 aromatic heterocycles. The highest BCUT2D eigenvalue weighted by Crippen LogP contribution is 2.12. The largest absolute Gasteiger partial charge is 0.463 e. The topological polar surface area (TPSA) is 66.0 Å². The van der Waals surface area contributed by atoms with Crippen LogP contribution in [0.4, 0.5) is 0 Å². The van der Waals surface area contributed by atoms with Gasteiger partial charge in [-0.2, -0.15) is 0 Å². The van der Waals surface area contributed by atoms with E-state index in [9.17, 15) is 4.79 Å². The van der Waals surface area contributed by atoms with E-state index < -0.39 is 0 Å². The number of hydrogen-bond donors (Lipinski definition) is 1. The van der Waals surface area contributed by atoms with Gasteiger partial charge in [0.05, 0.1) is 33.0 Å². The van der Waals surface area contributed by atoms with Crippen molar-refractivity contribution >= 4 is 5.97 Å². The van der Waals surface area contributed by atoms with E-state index in [4.69, 9.17) is 18.9 Å². The molecule has 0 saturated carbocycles. The summed E-state index contributed by atoms with van der Waals surface area (Å²) >= 11 is 0. The smallest absolute Gasteiger partial charge is 0.306 e. The second-order valence-electron chi connectivity index (χ2n) is 4.50. The van der Waals surface area contributed by atoms with E-state index in [1.807, 2.05) is 0 Å². The third-order valence-corrected chi connectivity index (χ3v) is 2.91. The normalized spacial score (nSPS) is 18.7. The molecule has 1 atom stereocenters. The van der Waals surface area contributed by atoms with Gasteiger partial charge in [0, 0.05) is 13.5 Å². The summed E-state index contributed by atoms with van der Waals surface area (Å²) in [5.74, 6) is 0.302. The lowest BCUT2D eigenvalue weighted by atomic mass is 10.1. The van der Waals surface area contributed by atoms with Gasteiger partial charge in [-0.25, -0.2) is 0 Å². The van der Waals surface area contributed by atoms with E-state index in [-0.39, 0.29) is 5.97 Å². The Kier molecular flexibility index (Phi) is 9.61. The molecule has 1 unspecified atom stereocenters. The van der Waals surface area contributed by atoms with Crippen molar-refractivity contribution in [3.63, 3.8) is 0 Å². The molecule has 1 saturated heterocycles. The van der Waals surface area contributed by atoms with Crippen LogP contribution >= 0.6 is 0 Å². The number of esters is 1. The Balaban J connectivity index is 1.80. The predicted octanol–water partition coefficient (Wildman–Crippen LogP) is 0.209. The molecule has 1 fully saturated rings. The lowest BCUT2D eigenvalue weighted by Gasteiger charge is -2.09. The van der Waals surface area contributed by atoms with E-state index in [0.717, 1.165) is 19.5 Å². The molecule has 6 nitrogen and oxygen atoms in total. The maximum atomic E-state index is 11.5. The van der Waals surface area contributed by atoms with Crippen LogP contribution < -0.4 is 5.32 Å². The zero-order valence-corrected chi connectivity index (χ0v) is 11.7. The second kappa shape index (κ2) is 11.2. The second-order valence-corrected chi connectivity index (χ2v) is 4.50. The fourth-order valence-electron chi connectivity index (χ4n) is 1.86. The van der Waals surface area contributed by atoms with E-state index in [0.29, 0.717) is 52.0 Å². The Labute approximate surface area is 114 Å². The van der Waals surface area contributed by atoms with Gasteiger partial charge in [-0.15, -0.1) is 0 Å². The number of methoxy groups -OCH3 is 1. The van der Waals surface area contributed by atoms with Crippen molar-refractivity contribution in [2.45, 2.75) is 12.8 Å². The molecule has 19 heavy (non-hydrogen) atoms. The standard InChI is InChI=1S/C13H25NO5/c1-16-4-5-17-6-7-18-8-9-19-13(15)10-12-2-3-14-11-12/h12,14H,2-11H2,1H3. The molecule has 0 spiro atoms. The first-order valence-corrected chi connectivity index (χ1v) is 6.83. The third kappa shape index (κ3) is 8.93. The van der Waals surface area contributed by atoms with Crippen molar-refractivity contribution in [2.75, 3.05) is 59.8 Å². The van der Waals surface area contributed by atoms with Crippen LogP contribution in [-0.4, -0.2) is 65.8 Å². The van der Waals surface area contributed by atoms with Gasteiger partial charge in [-0.3, -0.25) is 4.79 Å². The molecule has 1 rings (SSSR count). The summed E-state index contributed by atoms with van der Waals surface area (Å²) < 4.78 is 20.4. The highest BCUT2D eigenvalue weighted by atomic mass is 16.6. The fourth-order valence-corrected chi connectivity index (χ4v) is 1.86. The average Bonchev–Trinajstić information content (AvgIpc) is 2.89. The zero-order valence-electron chi connectivity index (χ0n) is 11.7. The van der Waals surface area contributed by atoms with Crippen molar-refractivity contribution < 1.29 is 23.7 Å². The maximum absolute atomic E-state index is 11.5. The van der Waals surface area contributed by atoms with Crippen LogP contribution in [0.3, 0.4) is 0 Å². The summed E-state index contributed by atoms with van der Waals surface area (Å²) in [4.78, 5) is 11.5. The lowest BCUT2D eigenvalue weighted by molar-refractivity contribution is -0.146. The van der Waals surface area contributed by atoms with Crippen LogP contribution in [-0.2, 0) is 23.7 Å². The summed E-state index contributed by atoms with van der Waals surface area (Å²) in [5, 5.41) is 3.23. The van der Waals surface area contributed by atoms with Crippen LogP contribution in [0.2, 0.25) is 0 Å². The first-order valence-electron chi connectivity index (χ1n) is 6.83. The first kappa shape index (κ1) is 16.4. The number of carbonyl (C=O) groups is 1. The minimum absolute atomic E-state index is 0.131. The molecule has 0 aromatic carbocycles. The monoisotopic (exact) mass is 275 g/mol. The van der Waals surface area contributed by atoms with Gasteiger partial charge >= 0.3 is 5.97 Å². The summed E-state index contributed by atoms with van der Waals surface area (Å²) in [6, 6.07) is 0. The number of carbonyl (C=O) groups excluding carboxylic acids is 1. The van der Waals surface area contributed by atoms with Gasteiger partial charge in [-0.05, 0) is 25.4 Å². The molecular weight excluding hydrogens is 250 g/mol. The molecule has 0 radical (unpaired) electrons. The molecule has 1 heterocycles. The molecule has 1 aliphatic heterocycles. The summed E-state index contributed by atoms with van der Waals surface area (Å²) in [5.41, 5.74) is 0. The Bertz CT molecular complexity index is 231. The van der Waals surface area contributed by atoms with Gasteiger partial charge < -0.3 is 24.3 Å². The molecule has 0 amide bonds. The maximum Gasteiger partial charge on any atom is 0.306 e. The van der Waals surface area contributed by atoms with E-state index >= 15 is 0 Å². The van der Waals surface area contributed by atoms with Gasteiger partial charge in [-0.1, -0.05) is 0 Å². The van der Waals surface area contributed by atoms with Gasteiger partial charge in [0.2, 0.25) is 0 Å². The zero-order chi connectivity index (χ0) is 13.8. The molecule has 1 N–H and O–H groups in total. The molecule has 1 aliphatic rings. The Morgan fingerprint density at radius 2 is 1.79 bits per heavy atom. The van der Waals surface area contributed by atoms with Crippen LogP contribution in [0.1, 0.15) is 12.8 Å². The average molecular weight is 275 g/mol. The van der Waals surface area contributed by atoms with Crippen molar-refractivity contribution in [3.8, 4) is 0 Å². The summed E-state index contributed by atoms with van der Waals surface area (Å²) in [7, 11) is 1.63.